The van der Waals surface area contributed by atoms with Crippen molar-refractivity contribution in [2.45, 2.75) is 38.5 Å². The van der Waals surface area contributed by atoms with E-state index in [-0.39, 0.29) is 0 Å². The van der Waals surface area contributed by atoms with Gasteiger partial charge in [-0.05, 0) is 19.8 Å². The Labute approximate surface area is 92.6 Å². The highest BCUT2D eigenvalue weighted by Gasteiger charge is 2.31. The number of rotatable bonds is 3. The van der Waals surface area contributed by atoms with Crippen LogP contribution < -0.4 is 5.73 Å². The van der Waals surface area contributed by atoms with Gasteiger partial charge in [0.15, 0.2) is 0 Å². The summed E-state index contributed by atoms with van der Waals surface area (Å²) >= 11 is 2.08. The Morgan fingerprint density at radius 1 is 1.43 bits per heavy atom. The summed E-state index contributed by atoms with van der Waals surface area (Å²) in [7, 11) is 0. The maximum absolute atomic E-state index is 5.84. The quantitative estimate of drug-likeness (QED) is 0.780. The smallest absolute Gasteiger partial charge is 0.0242 e. The molecule has 2 nitrogen and oxygen atoms in total. The van der Waals surface area contributed by atoms with Crippen LogP contribution >= 0.6 is 11.8 Å². The molecule has 0 aromatic rings. The lowest BCUT2D eigenvalue weighted by atomic mass is 10.0. The maximum atomic E-state index is 5.84. The van der Waals surface area contributed by atoms with Crippen LogP contribution in [0, 0.1) is 5.92 Å². The summed E-state index contributed by atoms with van der Waals surface area (Å²) < 4.78 is 0.403. The molecular formula is C11H24N2S. The standard InChI is InChI=1S/C11H24N2S/c1-9(2)10(7-12)13-5-6-14-11(3,4)8-13/h9-10H,5-8,12H2,1-4H3. The summed E-state index contributed by atoms with van der Waals surface area (Å²) in [5.74, 6) is 1.91. The Balaban J connectivity index is 2.58. The van der Waals surface area contributed by atoms with Gasteiger partial charge in [-0.3, -0.25) is 4.90 Å². The van der Waals surface area contributed by atoms with Crippen LogP contribution in [0.25, 0.3) is 0 Å². The van der Waals surface area contributed by atoms with Gasteiger partial charge in [0.2, 0.25) is 0 Å². The second-order valence-corrected chi connectivity index (χ2v) is 6.93. The lowest BCUT2D eigenvalue weighted by Crippen LogP contribution is -2.52. The SMILES string of the molecule is CC(C)C(CN)N1CCSC(C)(C)C1. The fraction of sp³-hybridized carbons (Fsp3) is 1.00. The van der Waals surface area contributed by atoms with Gasteiger partial charge in [-0.1, -0.05) is 13.8 Å². The molecule has 1 unspecified atom stereocenters. The monoisotopic (exact) mass is 216 g/mol. The van der Waals surface area contributed by atoms with Crippen molar-refractivity contribution in [3.63, 3.8) is 0 Å². The molecule has 0 aromatic heterocycles. The highest BCUT2D eigenvalue weighted by atomic mass is 32.2. The van der Waals surface area contributed by atoms with E-state index >= 15 is 0 Å². The van der Waals surface area contributed by atoms with Crippen molar-refractivity contribution in [3.05, 3.63) is 0 Å². The molecule has 1 heterocycles. The third-order valence-corrected chi connectivity index (χ3v) is 4.23. The van der Waals surface area contributed by atoms with E-state index < -0.39 is 0 Å². The molecule has 0 amide bonds. The van der Waals surface area contributed by atoms with Crippen molar-refractivity contribution in [3.8, 4) is 0 Å². The Kier molecular flexibility index (Phi) is 4.29. The van der Waals surface area contributed by atoms with Gasteiger partial charge < -0.3 is 5.73 Å². The number of hydrogen-bond acceptors (Lipinski definition) is 3. The summed E-state index contributed by atoms with van der Waals surface area (Å²) in [6.07, 6.45) is 0. The molecule has 0 aromatic carbocycles. The van der Waals surface area contributed by atoms with Gasteiger partial charge in [0.1, 0.15) is 0 Å². The van der Waals surface area contributed by atoms with Crippen LogP contribution in [0.3, 0.4) is 0 Å². The molecule has 14 heavy (non-hydrogen) atoms. The first-order chi connectivity index (χ1) is 6.46. The molecule has 3 heteroatoms. The van der Waals surface area contributed by atoms with Crippen molar-refractivity contribution in [1.82, 2.24) is 4.90 Å². The largest absolute Gasteiger partial charge is 0.329 e. The molecule has 0 aliphatic carbocycles. The molecule has 1 saturated heterocycles. The lowest BCUT2D eigenvalue weighted by Gasteiger charge is -2.43. The predicted octanol–water partition coefficient (Wildman–Crippen LogP) is 1.80. The van der Waals surface area contributed by atoms with Crippen molar-refractivity contribution in [1.29, 1.82) is 0 Å². The molecule has 1 aliphatic rings. The van der Waals surface area contributed by atoms with E-state index in [9.17, 15) is 0 Å². The zero-order chi connectivity index (χ0) is 10.8. The van der Waals surface area contributed by atoms with E-state index in [1.54, 1.807) is 0 Å². The molecule has 84 valence electrons. The zero-order valence-corrected chi connectivity index (χ0v) is 10.7. The second kappa shape index (κ2) is 4.86. The fourth-order valence-corrected chi connectivity index (χ4v) is 3.31. The molecular weight excluding hydrogens is 192 g/mol. The summed E-state index contributed by atoms with van der Waals surface area (Å²) in [6.45, 7) is 12.4. The summed E-state index contributed by atoms with van der Waals surface area (Å²) in [6, 6.07) is 0.565. The number of nitrogens with two attached hydrogens (primary N) is 1. The van der Waals surface area contributed by atoms with E-state index in [4.69, 9.17) is 5.73 Å². The van der Waals surface area contributed by atoms with Crippen LogP contribution in [0.5, 0.6) is 0 Å². The van der Waals surface area contributed by atoms with E-state index in [1.807, 2.05) is 0 Å². The van der Waals surface area contributed by atoms with Crippen LogP contribution in [-0.2, 0) is 0 Å². The van der Waals surface area contributed by atoms with E-state index in [1.165, 1.54) is 18.8 Å². The average Bonchev–Trinajstić information content (AvgIpc) is 2.02. The van der Waals surface area contributed by atoms with Crippen molar-refractivity contribution in [2.75, 3.05) is 25.4 Å². The minimum absolute atomic E-state index is 0.403. The van der Waals surface area contributed by atoms with Gasteiger partial charge >= 0.3 is 0 Å². The van der Waals surface area contributed by atoms with Crippen LogP contribution in [0.4, 0.5) is 0 Å². The Morgan fingerprint density at radius 3 is 2.50 bits per heavy atom. The molecule has 1 fully saturated rings. The Bertz CT molecular complexity index is 180. The van der Waals surface area contributed by atoms with E-state index in [2.05, 4.69) is 44.4 Å². The van der Waals surface area contributed by atoms with Crippen molar-refractivity contribution in [2.24, 2.45) is 11.7 Å². The van der Waals surface area contributed by atoms with Crippen molar-refractivity contribution < 1.29 is 0 Å². The van der Waals surface area contributed by atoms with Crippen LogP contribution in [0.1, 0.15) is 27.7 Å². The predicted molar refractivity (Wildman–Crippen MR) is 65.8 cm³/mol. The number of nitrogens with zero attached hydrogens (tertiary/aromatic N) is 1. The fourth-order valence-electron chi connectivity index (χ4n) is 2.18. The van der Waals surface area contributed by atoms with Gasteiger partial charge in [-0.15, -0.1) is 0 Å². The lowest BCUT2D eigenvalue weighted by molar-refractivity contribution is 0.153. The summed E-state index contributed by atoms with van der Waals surface area (Å²) in [5, 5.41) is 0. The average molecular weight is 216 g/mol. The Morgan fingerprint density at radius 2 is 2.07 bits per heavy atom. The molecule has 1 aliphatic heterocycles. The summed E-state index contributed by atoms with van der Waals surface area (Å²) in [5.41, 5.74) is 5.84. The van der Waals surface area contributed by atoms with Gasteiger partial charge in [-0.2, -0.15) is 11.8 Å². The molecule has 0 bridgehead atoms. The third-order valence-electron chi connectivity index (χ3n) is 2.94. The highest BCUT2D eigenvalue weighted by Crippen LogP contribution is 2.31. The molecule has 1 atom stereocenters. The topological polar surface area (TPSA) is 29.3 Å². The van der Waals surface area contributed by atoms with Crippen molar-refractivity contribution >= 4 is 11.8 Å². The number of hydrogen-bond donors (Lipinski definition) is 1. The van der Waals surface area contributed by atoms with E-state index in [0.717, 1.165) is 6.54 Å². The molecule has 1 rings (SSSR count). The van der Waals surface area contributed by atoms with Gasteiger partial charge in [0, 0.05) is 36.2 Å². The van der Waals surface area contributed by atoms with Crippen LogP contribution in [0.15, 0.2) is 0 Å². The molecule has 0 saturated carbocycles. The molecule has 2 N–H and O–H groups in total. The first kappa shape index (κ1) is 12.3. The minimum atomic E-state index is 0.403. The minimum Gasteiger partial charge on any atom is -0.329 e. The Hall–Kier alpha value is 0.270. The molecule has 0 spiro atoms. The third kappa shape index (κ3) is 3.14. The first-order valence-electron chi connectivity index (χ1n) is 5.54. The van der Waals surface area contributed by atoms with Gasteiger partial charge in [0.05, 0.1) is 0 Å². The van der Waals surface area contributed by atoms with Gasteiger partial charge in [-0.25, -0.2) is 0 Å². The normalized spacial score (nSPS) is 25.3. The number of thioether (sulfide) groups is 1. The van der Waals surface area contributed by atoms with Gasteiger partial charge in [0.25, 0.3) is 0 Å². The van der Waals surface area contributed by atoms with Crippen LogP contribution in [-0.4, -0.2) is 41.1 Å². The highest BCUT2D eigenvalue weighted by molar-refractivity contribution is 8.00. The first-order valence-corrected chi connectivity index (χ1v) is 6.53. The second-order valence-electron chi connectivity index (χ2n) is 5.13. The summed E-state index contributed by atoms with van der Waals surface area (Å²) in [4.78, 5) is 2.57. The van der Waals surface area contributed by atoms with Crippen LogP contribution in [0.2, 0.25) is 0 Å². The van der Waals surface area contributed by atoms with E-state index in [0.29, 0.717) is 16.7 Å². The molecule has 0 radical (unpaired) electrons. The maximum Gasteiger partial charge on any atom is 0.0242 e. The zero-order valence-electron chi connectivity index (χ0n) is 9.92.